The molecule has 0 saturated heterocycles. The van der Waals surface area contributed by atoms with Crippen LogP contribution in [0.15, 0.2) is 29.8 Å². The molecular weight excluding hydrogens is 366 g/mol. The molecule has 1 aliphatic rings. The maximum absolute atomic E-state index is 6.51. The van der Waals surface area contributed by atoms with Crippen molar-refractivity contribution in [3.05, 3.63) is 41.0 Å². The van der Waals surface area contributed by atoms with Gasteiger partial charge in [-0.3, -0.25) is 0 Å². The molecule has 0 N–H and O–H groups in total. The average molecular weight is 390 g/mol. The van der Waals surface area contributed by atoms with E-state index in [2.05, 4.69) is 38.1 Å². The normalized spacial score (nSPS) is 17.5. The maximum atomic E-state index is 6.51. The summed E-state index contributed by atoms with van der Waals surface area (Å²) < 4.78 is 0.398. The molecule has 0 amide bonds. The molecule has 1 unspecified atom stereocenters. The van der Waals surface area contributed by atoms with E-state index in [0.29, 0.717) is 3.63 Å². The molecule has 109 valence electrons. The van der Waals surface area contributed by atoms with Gasteiger partial charge in [0.25, 0.3) is 0 Å². The second-order valence-electron chi connectivity index (χ2n) is 5.52. The van der Waals surface area contributed by atoms with Gasteiger partial charge < -0.3 is 0 Å². The van der Waals surface area contributed by atoms with Gasteiger partial charge in [-0.2, -0.15) is 0 Å². The summed E-state index contributed by atoms with van der Waals surface area (Å²) >= 11 is -2.33. The summed E-state index contributed by atoms with van der Waals surface area (Å²) in [7, 11) is 13.0. The molecule has 0 nitrogen and oxygen atoms in total. The zero-order valence-corrected chi connectivity index (χ0v) is 16.4. The van der Waals surface area contributed by atoms with Crippen molar-refractivity contribution in [2.24, 2.45) is 0 Å². The number of allylic oxidation sites excluding steroid dienone is 2. The van der Waals surface area contributed by atoms with E-state index >= 15 is 0 Å². The first-order valence-electron chi connectivity index (χ1n) is 7.69. The van der Waals surface area contributed by atoms with Crippen LogP contribution in [-0.2, 0) is 19.4 Å². The Morgan fingerprint density at radius 3 is 2.30 bits per heavy atom. The summed E-state index contributed by atoms with van der Waals surface area (Å²) in [5.41, 5.74) is 6.02. The first kappa shape index (κ1) is 16.8. The van der Waals surface area contributed by atoms with Crippen molar-refractivity contribution in [2.45, 2.75) is 56.0 Å². The Balaban J connectivity index is 2.41. The standard InChI is InChI=1S/C17H23.2ClH.Zr/c1-3-5-9-14-13-15-10-7-8-12-17(15)16(14)11-6-4-2;;;/h7-8,10,12-13H,3-6,9,11H2,1-2H3;2*1H;/q;;;+2/p-2. The van der Waals surface area contributed by atoms with Crippen LogP contribution in [0.5, 0.6) is 0 Å². The number of hydrogen-bond donors (Lipinski definition) is 0. The van der Waals surface area contributed by atoms with Crippen molar-refractivity contribution < 1.29 is 19.4 Å². The Labute approximate surface area is 138 Å². The molecule has 1 aliphatic carbocycles. The Hall–Kier alpha value is 0.423. The van der Waals surface area contributed by atoms with Crippen molar-refractivity contribution in [3.8, 4) is 0 Å². The van der Waals surface area contributed by atoms with Gasteiger partial charge in [0.1, 0.15) is 0 Å². The average Bonchev–Trinajstić information content (AvgIpc) is 2.76. The topological polar surface area (TPSA) is 0 Å². The third kappa shape index (κ3) is 3.60. The SMILES string of the molecule is CCCCC1=C(CCCC)[CH]([Zr]([Cl])[Cl])c2ccccc21. The fourth-order valence-electron chi connectivity index (χ4n) is 3.12. The second-order valence-corrected chi connectivity index (χ2v) is 14.3. The summed E-state index contributed by atoms with van der Waals surface area (Å²) in [6.07, 6.45) is 7.35. The fraction of sp³-hybridized carbons (Fsp3) is 0.529. The van der Waals surface area contributed by atoms with Gasteiger partial charge in [-0.15, -0.1) is 0 Å². The molecule has 1 aromatic rings. The van der Waals surface area contributed by atoms with Gasteiger partial charge in [-0.05, 0) is 0 Å². The summed E-state index contributed by atoms with van der Waals surface area (Å²) in [5.74, 6) is 0. The molecule has 0 aliphatic heterocycles. The molecule has 1 aromatic carbocycles. The molecule has 0 bridgehead atoms. The van der Waals surface area contributed by atoms with Gasteiger partial charge in [-0.1, -0.05) is 0 Å². The van der Waals surface area contributed by atoms with Crippen LogP contribution in [0.25, 0.3) is 5.57 Å². The molecule has 0 spiro atoms. The van der Waals surface area contributed by atoms with Crippen LogP contribution in [0.4, 0.5) is 0 Å². The van der Waals surface area contributed by atoms with Crippen molar-refractivity contribution in [2.75, 3.05) is 0 Å². The fourth-order valence-corrected chi connectivity index (χ4v) is 8.70. The molecular formula is C17H23Cl2Zr. The molecule has 0 aromatic heterocycles. The van der Waals surface area contributed by atoms with Gasteiger partial charge in [-0.25, -0.2) is 0 Å². The number of benzene rings is 1. The minimum atomic E-state index is -2.33. The summed E-state index contributed by atoms with van der Waals surface area (Å²) in [6, 6.07) is 8.80. The Morgan fingerprint density at radius 1 is 1.00 bits per heavy atom. The molecule has 0 radical (unpaired) electrons. The van der Waals surface area contributed by atoms with Crippen LogP contribution in [0.1, 0.15) is 67.1 Å². The van der Waals surface area contributed by atoms with E-state index in [0.717, 1.165) is 0 Å². The van der Waals surface area contributed by atoms with Crippen molar-refractivity contribution in [1.29, 1.82) is 0 Å². The van der Waals surface area contributed by atoms with Gasteiger partial charge in [0, 0.05) is 0 Å². The third-order valence-corrected chi connectivity index (χ3v) is 9.41. The quantitative estimate of drug-likeness (QED) is 0.481. The first-order chi connectivity index (χ1) is 9.70. The zero-order chi connectivity index (χ0) is 14.5. The Bertz CT molecular complexity index is 480. The Morgan fingerprint density at radius 2 is 1.65 bits per heavy atom. The third-order valence-electron chi connectivity index (χ3n) is 4.13. The van der Waals surface area contributed by atoms with Crippen LogP contribution in [0, 0.1) is 0 Å². The van der Waals surface area contributed by atoms with Crippen LogP contribution in [0.2, 0.25) is 0 Å². The summed E-state index contributed by atoms with van der Waals surface area (Å²) in [6.45, 7) is 4.51. The molecule has 0 heterocycles. The van der Waals surface area contributed by atoms with E-state index in [-0.39, 0.29) is 0 Å². The molecule has 0 saturated carbocycles. The van der Waals surface area contributed by atoms with Gasteiger partial charge in [0.15, 0.2) is 0 Å². The number of hydrogen-bond acceptors (Lipinski definition) is 0. The summed E-state index contributed by atoms with van der Waals surface area (Å²) in [4.78, 5) is 0. The van der Waals surface area contributed by atoms with E-state index in [1.807, 2.05) is 0 Å². The van der Waals surface area contributed by atoms with E-state index in [1.165, 1.54) is 49.7 Å². The molecule has 2 rings (SSSR count). The second kappa shape index (κ2) is 8.16. The predicted molar refractivity (Wildman–Crippen MR) is 86.9 cm³/mol. The zero-order valence-electron chi connectivity index (χ0n) is 12.4. The minimum absolute atomic E-state index is 0.398. The van der Waals surface area contributed by atoms with Gasteiger partial charge >= 0.3 is 139 Å². The predicted octanol–water partition coefficient (Wildman–Crippen LogP) is 6.80. The van der Waals surface area contributed by atoms with E-state index in [1.54, 1.807) is 11.1 Å². The number of unbranched alkanes of at least 4 members (excludes halogenated alkanes) is 2. The van der Waals surface area contributed by atoms with E-state index in [9.17, 15) is 0 Å². The van der Waals surface area contributed by atoms with Gasteiger partial charge in [0.2, 0.25) is 0 Å². The van der Waals surface area contributed by atoms with E-state index in [4.69, 9.17) is 17.0 Å². The molecule has 20 heavy (non-hydrogen) atoms. The number of fused-ring (bicyclic) bond motifs is 1. The summed E-state index contributed by atoms with van der Waals surface area (Å²) in [5, 5.41) is 0. The van der Waals surface area contributed by atoms with Crippen LogP contribution in [-0.4, -0.2) is 0 Å². The number of rotatable bonds is 7. The first-order valence-corrected chi connectivity index (χ1v) is 15.4. The Kier molecular flexibility index (Phi) is 6.85. The van der Waals surface area contributed by atoms with Crippen molar-refractivity contribution in [1.82, 2.24) is 0 Å². The molecule has 0 fully saturated rings. The van der Waals surface area contributed by atoms with Crippen LogP contribution >= 0.6 is 17.0 Å². The van der Waals surface area contributed by atoms with Crippen LogP contribution < -0.4 is 0 Å². The van der Waals surface area contributed by atoms with Gasteiger partial charge in [0.05, 0.1) is 0 Å². The molecule has 3 heteroatoms. The van der Waals surface area contributed by atoms with Crippen molar-refractivity contribution >= 4 is 22.6 Å². The van der Waals surface area contributed by atoms with Crippen LogP contribution in [0.3, 0.4) is 0 Å². The molecule has 1 atom stereocenters. The van der Waals surface area contributed by atoms with Crippen molar-refractivity contribution in [3.63, 3.8) is 0 Å². The van der Waals surface area contributed by atoms with E-state index < -0.39 is 19.4 Å². The number of halogens is 2. The monoisotopic (exact) mass is 387 g/mol.